The number of amidine groups is 1. The first-order valence-electron chi connectivity index (χ1n) is 11.6. The van der Waals surface area contributed by atoms with E-state index in [1.54, 1.807) is 30.3 Å². The molecule has 1 unspecified atom stereocenters. The number of carboxylic acids is 1. The Labute approximate surface area is 222 Å². The van der Waals surface area contributed by atoms with Crippen molar-refractivity contribution in [1.29, 1.82) is 5.41 Å². The molecule has 0 bridgehead atoms. The van der Waals surface area contributed by atoms with Gasteiger partial charge in [0, 0.05) is 36.4 Å². The number of nitrogen functional groups attached to an aromatic ring is 1. The van der Waals surface area contributed by atoms with Crippen LogP contribution in [0.2, 0.25) is 0 Å². The lowest BCUT2D eigenvalue weighted by Crippen LogP contribution is -2.18. The van der Waals surface area contributed by atoms with Crippen LogP contribution in [-0.2, 0) is 17.9 Å². The molecule has 0 aliphatic heterocycles. The number of hydrogen-bond acceptors (Lipinski definition) is 8. The van der Waals surface area contributed by atoms with Gasteiger partial charge in [-0.25, -0.2) is 19.2 Å². The highest BCUT2D eigenvalue weighted by Gasteiger charge is 2.24. The molecule has 0 amide bonds. The summed E-state index contributed by atoms with van der Waals surface area (Å²) >= 11 is 0. The van der Waals surface area contributed by atoms with E-state index < -0.39 is 24.3 Å². The molecule has 0 aliphatic rings. The third-order valence-electron chi connectivity index (χ3n) is 5.54. The van der Waals surface area contributed by atoms with Crippen molar-refractivity contribution in [2.24, 2.45) is 5.73 Å². The summed E-state index contributed by atoms with van der Waals surface area (Å²) in [6, 6.07) is 12.2. The molecule has 12 nitrogen and oxygen atoms in total. The van der Waals surface area contributed by atoms with Crippen molar-refractivity contribution in [3.05, 3.63) is 93.4 Å². The number of alkyl halides is 1. The Morgan fingerprint density at radius 1 is 1.18 bits per heavy atom. The Bertz CT molecular complexity index is 1460. The van der Waals surface area contributed by atoms with Gasteiger partial charge in [-0.15, -0.1) is 9.78 Å². The molecule has 2 aromatic carbocycles. The summed E-state index contributed by atoms with van der Waals surface area (Å²) in [4.78, 5) is 32.7. The summed E-state index contributed by atoms with van der Waals surface area (Å²) in [6.07, 6.45) is 3.43. The van der Waals surface area contributed by atoms with E-state index in [0.29, 0.717) is 40.4 Å². The number of carbonyl (C=O) groups is 1. The molecule has 1 atom stereocenters. The average molecular weight is 538 g/mol. The molecular formula is C26H28FN7O5. The summed E-state index contributed by atoms with van der Waals surface area (Å²) in [5.74, 6) is -0.216. The molecule has 2 aromatic heterocycles. The van der Waals surface area contributed by atoms with Gasteiger partial charge in [-0.1, -0.05) is 24.3 Å². The van der Waals surface area contributed by atoms with Crippen molar-refractivity contribution in [2.45, 2.75) is 25.9 Å². The van der Waals surface area contributed by atoms with Gasteiger partial charge in [0.15, 0.2) is 11.5 Å². The van der Waals surface area contributed by atoms with Gasteiger partial charge in [-0.3, -0.25) is 15.2 Å². The molecular weight excluding hydrogens is 509 g/mol. The fourth-order valence-electron chi connectivity index (χ4n) is 3.83. The SMILES string of the molecule is CC(=O)O.COc1cc(C(Cc2ccc(C(=N)N)cc2)c2nn(-c3ncccn3)c(=O)[nH]2)cc(CF)c1OC. The minimum Gasteiger partial charge on any atom is -0.493 e. The smallest absolute Gasteiger partial charge is 0.350 e. The Hall–Kier alpha value is -5.07. The number of carboxylic acid groups (broad SMARTS) is 1. The largest absolute Gasteiger partial charge is 0.493 e. The Balaban J connectivity index is 0.000000983. The van der Waals surface area contributed by atoms with Crippen molar-refractivity contribution in [3.8, 4) is 17.4 Å². The summed E-state index contributed by atoms with van der Waals surface area (Å²) in [5.41, 5.74) is 7.53. The van der Waals surface area contributed by atoms with Crippen LogP contribution in [0.3, 0.4) is 0 Å². The van der Waals surface area contributed by atoms with Gasteiger partial charge in [0.05, 0.1) is 14.2 Å². The van der Waals surface area contributed by atoms with E-state index >= 15 is 0 Å². The number of hydrogen-bond donors (Lipinski definition) is 4. The van der Waals surface area contributed by atoms with Crippen LogP contribution in [0.5, 0.6) is 11.5 Å². The Kier molecular flexibility index (Phi) is 9.46. The topological polar surface area (TPSA) is 182 Å². The van der Waals surface area contributed by atoms with Gasteiger partial charge in [0.1, 0.15) is 18.3 Å². The normalized spacial score (nSPS) is 11.2. The number of ether oxygens (including phenoxy) is 2. The highest BCUT2D eigenvalue weighted by Crippen LogP contribution is 2.37. The number of benzene rings is 2. The fourth-order valence-corrected chi connectivity index (χ4v) is 3.83. The summed E-state index contributed by atoms with van der Waals surface area (Å²) in [7, 11) is 2.92. The van der Waals surface area contributed by atoms with Gasteiger partial charge < -0.3 is 20.3 Å². The van der Waals surface area contributed by atoms with Crippen LogP contribution >= 0.6 is 0 Å². The van der Waals surface area contributed by atoms with Crippen molar-refractivity contribution >= 4 is 11.8 Å². The first-order chi connectivity index (χ1) is 18.7. The van der Waals surface area contributed by atoms with Crippen LogP contribution in [-0.4, -0.2) is 55.9 Å². The van der Waals surface area contributed by atoms with Crippen molar-refractivity contribution in [1.82, 2.24) is 24.7 Å². The maximum Gasteiger partial charge on any atom is 0.350 e. The van der Waals surface area contributed by atoms with Crippen LogP contribution in [0.15, 0.2) is 59.7 Å². The minimum atomic E-state index is -0.833. The first-order valence-corrected chi connectivity index (χ1v) is 11.6. The summed E-state index contributed by atoms with van der Waals surface area (Å²) in [5, 5.41) is 19.5. The predicted octanol–water partition coefficient (Wildman–Crippen LogP) is 2.59. The molecule has 0 radical (unpaired) electrons. The molecule has 5 N–H and O–H groups in total. The molecule has 0 spiro atoms. The maximum absolute atomic E-state index is 13.9. The lowest BCUT2D eigenvalue weighted by Gasteiger charge is -2.19. The standard InChI is InChI=1S/C24H24FN7O3.C2H4O2/c1-34-19-12-16(11-17(13-25)20(19)35-2)18(10-14-4-6-15(7-5-14)21(26)27)22-30-24(33)32(31-22)23-28-8-3-9-29-23;1-2(3)4/h3-9,11-12,18H,10,13H2,1-2H3,(H3,26,27)(H,30,31,33);1H3,(H,3,4). The first kappa shape index (κ1) is 28.5. The zero-order valence-corrected chi connectivity index (χ0v) is 21.5. The van der Waals surface area contributed by atoms with Crippen molar-refractivity contribution in [2.75, 3.05) is 14.2 Å². The number of halogens is 1. The number of nitrogens with zero attached hydrogens (tertiary/aromatic N) is 4. The molecule has 204 valence electrons. The number of rotatable bonds is 9. The zero-order chi connectivity index (χ0) is 28.5. The summed E-state index contributed by atoms with van der Waals surface area (Å²) < 4.78 is 25.8. The monoisotopic (exact) mass is 537 g/mol. The number of aromatic amines is 1. The minimum absolute atomic E-state index is 0.0356. The highest BCUT2D eigenvalue weighted by molar-refractivity contribution is 5.94. The van der Waals surface area contributed by atoms with Gasteiger partial charge in [-0.05, 0) is 35.7 Å². The third kappa shape index (κ3) is 7.03. The molecule has 0 saturated heterocycles. The fraction of sp³-hybridized carbons (Fsp3) is 0.231. The van der Waals surface area contributed by atoms with Crippen LogP contribution in [0, 0.1) is 5.41 Å². The molecule has 4 rings (SSSR count). The second kappa shape index (κ2) is 12.9. The molecule has 0 aliphatic carbocycles. The van der Waals surface area contributed by atoms with Crippen molar-refractivity contribution in [3.63, 3.8) is 0 Å². The number of nitrogens with two attached hydrogens (primary N) is 1. The zero-order valence-electron chi connectivity index (χ0n) is 21.5. The lowest BCUT2D eigenvalue weighted by atomic mass is 9.89. The Morgan fingerprint density at radius 2 is 1.82 bits per heavy atom. The maximum atomic E-state index is 13.9. The van der Waals surface area contributed by atoms with Gasteiger partial charge >= 0.3 is 5.69 Å². The number of aliphatic carboxylic acids is 1. The molecule has 2 heterocycles. The van der Waals surface area contributed by atoms with E-state index in [9.17, 15) is 9.18 Å². The molecule has 13 heteroatoms. The number of aromatic nitrogens is 5. The predicted molar refractivity (Wildman–Crippen MR) is 140 cm³/mol. The molecule has 4 aromatic rings. The highest BCUT2D eigenvalue weighted by atomic mass is 19.1. The van der Waals surface area contributed by atoms with E-state index in [4.69, 9.17) is 30.5 Å². The molecule has 39 heavy (non-hydrogen) atoms. The van der Waals surface area contributed by atoms with Crippen LogP contribution in [0.25, 0.3) is 5.95 Å². The number of H-pyrrole nitrogens is 1. The van der Waals surface area contributed by atoms with Crippen molar-refractivity contribution < 1.29 is 23.8 Å². The second-order valence-electron chi connectivity index (χ2n) is 8.21. The van der Waals surface area contributed by atoms with Crippen LogP contribution in [0.1, 0.15) is 40.9 Å². The van der Waals surface area contributed by atoms with Crippen LogP contribution in [0.4, 0.5) is 4.39 Å². The van der Waals surface area contributed by atoms with E-state index in [-0.39, 0.29) is 11.8 Å². The number of methoxy groups -OCH3 is 2. The summed E-state index contributed by atoms with van der Waals surface area (Å²) in [6.45, 7) is 0.316. The second-order valence-corrected chi connectivity index (χ2v) is 8.21. The Morgan fingerprint density at radius 3 is 2.36 bits per heavy atom. The average Bonchev–Trinajstić information content (AvgIpc) is 3.32. The van der Waals surface area contributed by atoms with E-state index in [1.807, 2.05) is 12.1 Å². The number of nitrogens with one attached hydrogen (secondary N) is 2. The third-order valence-corrected chi connectivity index (χ3v) is 5.54. The molecule has 0 saturated carbocycles. The van der Waals surface area contributed by atoms with E-state index in [1.165, 1.54) is 26.6 Å². The van der Waals surface area contributed by atoms with Gasteiger partial charge in [0.25, 0.3) is 11.9 Å². The van der Waals surface area contributed by atoms with Crippen LogP contribution < -0.4 is 20.9 Å². The quantitative estimate of drug-likeness (QED) is 0.184. The van der Waals surface area contributed by atoms with E-state index in [2.05, 4.69) is 20.1 Å². The van der Waals surface area contributed by atoms with E-state index in [0.717, 1.165) is 17.2 Å². The van der Waals surface area contributed by atoms with Gasteiger partial charge in [-0.2, -0.15) is 0 Å². The van der Waals surface area contributed by atoms with Gasteiger partial charge in [0.2, 0.25) is 0 Å². The molecule has 0 fully saturated rings. The lowest BCUT2D eigenvalue weighted by molar-refractivity contribution is -0.134.